The highest BCUT2D eigenvalue weighted by molar-refractivity contribution is 5.94. The number of rotatable bonds is 4. The van der Waals surface area contributed by atoms with Crippen molar-refractivity contribution in [1.82, 2.24) is 4.98 Å². The van der Waals surface area contributed by atoms with E-state index in [9.17, 15) is 9.90 Å². The van der Waals surface area contributed by atoms with Crippen molar-refractivity contribution in [2.24, 2.45) is 0 Å². The number of likely N-dealkylation sites (N-methyl/N-ethyl adjacent to an activating group) is 1. The first kappa shape index (κ1) is 14.7. The Morgan fingerprint density at radius 3 is 2.90 bits per heavy atom. The lowest BCUT2D eigenvalue weighted by Crippen LogP contribution is -2.46. The van der Waals surface area contributed by atoms with Crippen molar-refractivity contribution in [2.45, 2.75) is 18.4 Å². The molecule has 1 aliphatic rings. The maximum atomic E-state index is 11.7. The van der Waals surface area contributed by atoms with Gasteiger partial charge in [-0.25, -0.2) is 9.78 Å². The molecule has 0 spiro atoms. The van der Waals surface area contributed by atoms with Gasteiger partial charge in [0.15, 0.2) is 0 Å². The van der Waals surface area contributed by atoms with E-state index in [4.69, 9.17) is 9.47 Å². The number of hydrogen-bond acceptors (Lipinski definition) is 6. The molecule has 1 aromatic heterocycles. The van der Waals surface area contributed by atoms with Crippen molar-refractivity contribution in [3.63, 3.8) is 0 Å². The van der Waals surface area contributed by atoms with Gasteiger partial charge in [0.05, 0.1) is 12.7 Å². The van der Waals surface area contributed by atoms with E-state index in [1.165, 1.54) is 7.11 Å². The van der Waals surface area contributed by atoms with E-state index in [2.05, 4.69) is 4.98 Å². The van der Waals surface area contributed by atoms with Crippen molar-refractivity contribution >= 4 is 11.8 Å². The molecule has 0 aliphatic carbocycles. The lowest BCUT2D eigenvalue weighted by molar-refractivity contribution is -0.0573. The van der Waals surface area contributed by atoms with E-state index in [1.54, 1.807) is 23.2 Å². The standard InChI is InChI=1S/C14H20N2O4/c1-16(10-14(18)5-8-20-9-6-14)12-11(13(17)19-2)4-3-7-15-12/h3-4,7,18H,5-6,8-10H2,1-2H3. The number of nitrogens with zero attached hydrogens (tertiary/aromatic N) is 2. The number of esters is 1. The zero-order valence-electron chi connectivity index (χ0n) is 11.8. The Balaban J connectivity index is 2.16. The van der Waals surface area contributed by atoms with Crippen LogP contribution >= 0.6 is 0 Å². The van der Waals surface area contributed by atoms with Crippen molar-refractivity contribution in [1.29, 1.82) is 0 Å². The molecule has 1 aliphatic heterocycles. The maximum Gasteiger partial charge on any atom is 0.341 e. The van der Waals surface area contributed by atoms with Crippen molar-refractivity contribution in [2.75, 3.05) is 38.8 Å². The monoisotopic (exact) mass is 280 g/mol. The summed E-state index contributed by atoms with van der Waals surface area (Å²) in [7, 11) is 3.15. The number of carbonyl (C=O) groups is 1. The summed E-state index contributed by atoms with van der Waals surface area (Å²) >= 11 is 0. The number of anilines is 1. The van der Waals surface area contributed by atoms with E-state index < -0.39 is 11.6 Å². The summed E-state index contributed by atoms with van der Waals surface area (Å²) in [5.41, 5.74) is -0.411. The number of carbonyl (C=O) groups excluding carboxylic acids is 1. The average molecular weight is 280 g/mol. The van der Waals surface area contributed by atoms with Crippen LogP contribution in [0.3, 0.4) is 0 Å². The molecule has 0 aromatic carbocycles. The second-order valence-electron chi connectivity index (χ2n) is 5.06. The van der Waals surface area contributed by atoms with Gasteiger partial charge in [-0.2, -0.15) is 0 Å². The van der Waals surface area contributed by atoms with Gasteiger partial charge < -0.3 is 19.5 Å². The Labute approximate surface area is 118 Å². The topological polar surface area (TPSA) is 71.9 Å². The SMILES string of the molecule is COC(=O)c1cccnc1N(C)CC1(O)CCOCC1. The first-order valence-electron chi connectivity index (χ1n) is 6.60. The van der Waals surface area contributed by atoms with Crippen molar-refractivity contribution < 1.29 is 19.4 Å². The summed E-state index contributed by atoms with van der Waals surface area (Å²) in [6.45, 7) is 1.50. The van der Waals surface area contributed by atoms with E-state index in [1.807, 2.05) is 7.05 Å². The van der Waals surface area contributed by atoms with Gasteiger partial charge in [0.2, 0.25) is 0 Å². The average Bonchev–Trinajstić information content (AvgIpc) is 2.46. The van der Waals surface area contributed by atoms with Crippen LogP contribution in [0.4, 0.5) is 5.82 Å². The lowest BCUT2D eigenvalue weighted by atomic mass is 9.94. The molecule has 2 rings (SSSR count). The number of aromatic nitrogens is 1. The van der Waals surface area contributed by atoms with E-state index in [-0.39, 0.29) is 0 Å². The van der Waals surface area contributed by atoms with Gasteiger partial charge in [0.25, 0.3) is 0 Å². The minimum atomic E-state index is -0.808. The van der Waals surface area contributed by atoms with Crippen LogP contribution in [-0.2, 0) is 9.47 Å². The van der Waals surface area contributed by atoms with Gasteiger partial charge in [0, 0.05) is 45.8 Å². The number of aliphatic hydroxyl groups is 1. The van der Waals surface area contributed by atoms with Crippen LogP contribution in [0, 0.1) is 0 Å². The van der Waals surface area contributed by atoms with Crippen molar-refractivity contribution in [3.8, 4) is 0 Å². The molecule has 0 bridgehead atoms. The van der Waals surface area contributed by atoms with Crippen LogP contribution < -0.4 is 4.90 Å². The summed E-state index contributed by atoms with van der Waals surface area (Å²) < 4.78 is 10.0. The third kappa shape index (κ3) is 3.26. The molecule has 0 radical (unpaired) electrons. The second-order valence-corrected chi connectivity index (χ2v) is 5.06. The Hall–Kier alpha value is -1.66. The van der Waals surface area contributed by atoms with E-state index >= 15 is 0 Å². The zero-order valence-corrected chi connectivity index (χ0v) is 11.8. The van der Waals surface area contributed by atoms with Gasteiger partial charge in [-0.3, -0.25) is 0 Å². The molecule has 0 amide bonds. The number of pyridine rings is 1. The minimum absolute atomic E-state index is 0.396. The normalized spacial score (nSPS) is 17.6. The summed E-state index contributed by atoms with van der Waals surface area (Å²) in [5.74, 6) is 0.0817. The third-order valence-electron chi connectivity index (χ3n) is 3.51. The molecule has 6 nitrogen and oxygen atoms in total. The van der Waals surface area contributed by atoms with Gasteiger partial charge in [-0.05, 0) is 12.1 Å². The number of ether oxygens (including phenoxy) is 2. The van der Waals surface area contributed by atoms with E-state index in [0.717, 1.165) is 0 Å². The molecule has 1 aromatic rings. The van der Waals surface area contributed by atoms with Crippen LogP contribution in [0.1, 0.15) is 23.2 Å². The van der Waals surface area contributed by atoms with Gasteiger partial charge in [-0.1, -0.05) is 0 Å². The third-order valence-corrected chi connectivity index (χ3v) is 3.51. The fraction of sp³-hybridized carbons (Fsp3) is 0.571. The molecule has 2 heterocycles. The molecule has 20 heavy (non-hydrogen) atoms. The highest BCUT2D eigenvalue weighted by Gasteiger charge is 2.32. The van der Waals surface area contributed by atoms with Crippen LogP contribution in [0.2, 0.25) is 0 Å². The number of methoxy groups -OCH3 is 1. The van der Waals surface area contributed by atoms with Gasteiger partial charge in [0.1, 0.15) is 11.4 Å². The minimum Gasteiger partial charge on any atom is -0.465 e. The molecule has 0 atom stereocenters. The predicted molar refractivity (Wildman–Crippen MR) is 73.8 cm³/mol. The lowest BCUT2D eigenvalue weighted by Gasteiger charge is -2.36. The first-order valence-corrected chi connectivity index (χ1v) is 6.60. The fourth-order valence-corrected chi connectivity index (χ4v) is 2.40. The smallest absolute Gasteiger partial charge is 0.341 e. The molecule has 1 N–H and O–H groups in total. The zero-order chi connectivity index (χ0) is 14.6. The van der Waals surface area contributed by atoms with Crippen LogP contribution in [0.5, 0.6) is 0 Å². The van der Waals surface area contributed by atoms with Crippen LogP contribution in [-0.4, -0.2) is 55.6 Å². The van der Waals surface area contributed by atoms with Crippen molar-refractivity contribution in [3.05, 3.63) is 23.9 Å². The summed E-state index contributed by atoms with van der Waals surface area (Å²) in [5, 5.41) is 10.5. The molecule has 1 saturated heterocycles. The van der Waals surface area contributed by atoms with Gasteiger partial charge >= 0.3 is 5.97 Å². The van der Waals surface area contributed by atoms with E-state index in [0.29, 0.717) is 44.0 Å². The summed E-state index contributed by atoms with van der Waals surface area (Å²) in [6, 6.07) is 3.35. The Bertz CT molecular complexity index is 472. The summed E-state index contributed by atoms with van der Waals surface area (Å²) in [6.07, 6.45) is 2.78. The first-order chi connectivity index (χ1) is 9.56. The molecule has 6 heteroatoms. The van der Waals surface area contributed by atoms with Crippen LogP contribution in [0.15, 0.2) is 18.3 Å². The van der Waals surface area contributed by atoms with Gasteiger partial charge in [-0.15, -0.1) is 0 Å². The molecule has 0 unspecified atom stereocenters. The Morgan fingerprint density at radius 1 is 1.55 bits per heavy atom. The Kier molecular flexibility index (Phi) is 4.57. The highest BCUT2D eigenvalue weighted by atomic mass is 16.5. The molecular formula is C14H20N2O4. The largest absolute Gasteiger partial charge is 0.465 e. The quantitative estimate of drug-likeness (QED) is 0.824. The highest BCUT2D eigenvalue weighted by Crippen LogP contribution is 2.25. The van der Waals surface area contributed by atoms with Crippen LogP contribution in [0.25, 0.3) is 0 Å². The molecule has 110 valence electrons. The fourth-order valence-electron chi connectivity index (χ4n) is 2.40. The maximum absolute atomic E-state index is 11.7. The predicted octanol–water partition coefficient (Wildman–Crippen LogP) is 0.846. The molecule has 1 fully saturated rings. The molecule has 0 saturated carbocycles. The Morgan fingerprint density at radius 2 is 2.25 bits per heavy atom. The summed E-state index contributed by atoms with van der Waals surface area (Å²) in [4.78, 5) is 17.8. The number of hydrogen-bond donors (Lipinski definition) is 1. The second kappa shape index (κ2) is 6.19. The molecular weight excluding hydrogens is 260 g/mol.